The monoisotopic (exact) mass is 781 g/mol. The van der Waals surface area contributed by atoms with Gasteiger partial charge in [0.25, 0.3) is 0 Å². The molecule has 1 saturated carbocycles. The van der Waals surface area contributed by atoms with Gasteiger partial charge in [-0.25, -0.2) is 0 Å². The molecular weight excluding hydrogens is 685 g/mol. The van der Waals surface area contributed by atoms with Crippen LogP contribution in [0.4, 0.5) is 0 Å². The van der Waals surface area contributed by atoms with Crippen LogP contribution < -0.4 is 0 Å². The maximum Gasteiger partial charge on any atom is 0.169 e. The molecule has 4 aliphatic heterocycles. The molecule has 4 heterocycles. The second-order valence-electron chi connectivity index (χ2n) is 22.0. The van der Waals surface area contributed by atoms with Gasteiger partial charge >= 0.3 is 0 Å². The van der Waals surface area contributed by atoms with E-state index < -0.39 is 0 Å². The van der Waals surface area contributed by atoms with Gasteiger partial charge in [0.15, 0.2) is 5.79 Å². The van der Waals surface area contributed by atoms with E-state index >= 15 is 0 Å². The van der Waals surface area contributed by atoms with Crippen molar-refractivity contribution in [3.8, 4) is 0 Å². The van der Waals surface area contributed by atoms with Gasteiger partial charge in [-0.3, -0.25) is 19.6 Å². The first kappa shape index (κ1) is 50.8. The van der Waals surface area contributed by atoms with Gasteiger partial charge in [-0.2, -0.15) is 0 Å². The number of fused-ring (bicyclic) bond motifs is 1. The maximum absolute atomic E-state index is 10.7. The summed E-state index contributed by atoms with van der Waals surface area (Å²) >= 11 is 0. The summed E-state index contributed by atoms with van der Waals surface area (Å²) in [4.78, 5) is 10.1. The van der Waals surface area contributed by atoms with Gasteiger partial charge in [0, 0.05) is 91.3 Å². The first-order valence-electron chi connectivity index (χ1n) is 22.8. The van der Waals surface area contributed by atoms with Crippen LogP contribution in [0.15, 0.2) is 0 Å². The molecule has 0 aromatic carbocycles. The van der Waals surface area contributed by atoms with Gasteiger partial charge < -0.3 is 19.3 Å². The van der Waals surface area contributed by atoms with Crippen LogP contribution in [-0.4, -0.2) is 136 Å². The van der Waals surface area contributed by atoms with Crippen molar-refractivity contribution in [3.63, 3.8) is 0 Å². The summed E-state index contributed by atoms with van der Waals surface area (Å²) in [6, 6.07) is 2.42. The van der Waals surface area contributed by atoms with Crippen LogP contribution in [0.1, 0.15) is 188 Å². The number of hydrogen-bond acceptors (Lipinski definition) is 8. The molecule has 5 fully saturated rings. The minimum atomic E-state index is -0.348. The third-order valence-electron chi connectivity index (χ3n) is 13.5. The molecule has 55 heavy (non-hydrogen) atoms. The zero-order chi connectivity index (χ0) is 42.0. The Kier molecular flexibility index (Phi) is 19.7. The van der Waals surface area contributed by atoms with E-state index in [-0.39, 0.29) is 28.0 Å². The summed E-state index contributed by atoms with van der Waals surface area (Å²) < 4.78 is 17.1. The lowest BCUT2D eigenvalue weighted by Crippen LogP contribution is -2.62. The van der Waals surface area contributed by atoms with Gasteiger partial charge in [0.1, 0.15) is 0 Å². The largest absolute Gasteiger partial charge is 0.389 e. The highest BCUT2D eigenvalue weighted by Crippen LogP contribution is 2.44. The van der Waals surface area contributed by atoms with Crippen LogP contribution >= 0.6 is 0 Å². The van der Waals surface area contributed by atoms with E-state index in [2.05, 4.69) is 144 Å². The van der Waals surface area contributed by atoms with E-state index in [4.69, 9.17) is 14.2 Å². The van der Waals surface area contributed by atoms with Gasteiger partial charge in [-0.05, 0) is 156 Å². The Labute approximate surface area is 343 Å². The van der Waals surface area contributed by atoms with Crippen molar-refractivity contribution in [2.75, 3.05) is 53.1 Å². The fraction of sp³-hybridized carbons (Fsp3) is 1.00. The van der Waals surface area contributed by atoms with Crippen LogP contribution in [0.3, 0.4) is 0 Å². The Balaban J connectivity index is 0.000000257. The lowest BCUT2D eigenvalue weighted by Gasteiger charge is -2.55. The Morgan fingerprint density at radius 1 is 0.673 bits per heavy atom. The second kappa shape index (κ2) is 21.3. The van der Waals surface area contributed by atoms with Crippen LogP contribution in [-0.2, 0) is 14.2 Å². The van der Waals surface area contributed by atoms with E-state index in [0.29, 0.717) is 35.6 Å². The topological polar surface area (TPSA) is 60.9 Å². The highest BCUT2D eigenvalue weighted by Gasteiger charge is 2.48. The Morgan fingerprint density at radius 3 is 1.75 bits per heavy atom. The summed E-state index contributed by atoms with van der Waals surface area (Å²) in [5, 5.41) is 10.7. The number of nitrogens with zero attached hydrogens (tertiary/aromatic N) is 4. The summed E-state index contributed by atoms with van der Waals surface area (Å²) in [5.74, 6) is 0.239. The number of likely N-dealkylation sites (tertiary alicyclic amines) is 2. The fourth-order valence-corrected chi connectivity index (χ4v) is 10.1. The van der Waals surface area contributed by atoms with Gasteiger partial charge in [-0.15, -0.1) is 0 Å². The predicted molar refractivity (Wildman–Crippen MR) is 235 cm³/mol. The Morgan fingerprint density at radius 2 is 1.22 bits per heavy atom. The van der Waals surface area contributed by atoms with Crippen LogP contribution in [0.5, 0.6) is 0 Å². The van der Waals surface area contributed by atoms with E-state index in [1.165, 1.54) is 45.1 Å². The van der Waals surface area contributed by atoms with Crippen molar-refractivity contribution in [1.29, 1.82) is 0 Å². The van der Waals surface area contributed by atoms with Gasteiger partial charge in [0.05, 0.1) is 25.4 Å². The van der Waals surface area contributed by atoms with Gasteiger partial charge in [-0.1, -0.05) is 26.2 Å². The minimum absolute atomic E-state index is 0.234. The Bertz CT molecular complexity index is 1070. The quantitative estimate of drug-likeness (QED) is 0.304. The highest BCUT2D eigenvalue weighted by atomic mass is 16.7. The molecular formula is C47H96N4O4. The summed E-state index contributed by atoms with van der Waals surface area (Å²) in [6.07, 6.45) is 12.7. The van der Waals surface area contributed by atoms with E-state index in [1.54, 1.807) is 0 Å². The molecule has 0 aromatic heterocycles. The summed E-state index contributed by atoms with van der Waals surface area (Å²) in [7, 11) is 2.21. The zero-order valence-electron chi connectivity index (χ0n) is 40.1. The molecule has 0 radical (unpaired) electrons. The molecule has 8 heteroatoms. The number of rotatable bonds is 3. The molecule has 0 aromatic rings. The van der Waals surface area contributed by atoms with Crippen molar-refractivity contribution >= 4 is 0 Å². The molecule has 6 atom stereocenters. The zero-order valence-corrected chi connectivity index (χ0v) is 40.1. The predicted octanol–water partition coefficient (Wildman–Crippen LogP) is 10.0. The lowest BCUT2D eigenvalue weighted by atomic mass is 9.67. The minimum Gasteiger partial charge on any atom is -0.389 e. The maximum atomic E-state index is 10.7. The van der Waals surface area contributed by atoms with Crippen molar-refractivity contribution in [2.45, 2.75) is 246 Å². The molecule has 1 N–H and O–H groups in total. The van der Waals surface area contributed by atoms with Crippen LogP contribution in [0.25, 0.3) is 0 Å². The number of piperidine rings is 1. The average molecular weight is 781 g/mol. The van der Waals surface area contributed by atoms with Crippen molar-refractivity contribution in [1.82, 2.24) is 19.6 Å². The molecule has 4 saturated heterocycles. The van der Waals surface area contributed by atoms with Gasteiger partial charge in [0.2, 0.25) is 0 Å². The average Bonchev–Trinajstić information content (AvgIpc) is 3.31. The van der Waals surface area contributed by atoms with E-state index in [0.717, 1.165) is 71.6 Å². The van der Waals surface area contributed by atoms with Crippen LogP contribution in [0.2, 0.25) is 0 Å². The standard InChI is InChI=1S/C14H27NO.C13H25NO2.C10H21NO.C10H23N/c1-11-12-7-5-6-8-14(12,16)9-10-15(11)13(2,3)4;1-11-5-6-13(15-9-10-16-13)7-8-14(11)12(2,3)4;1-9-8-12-7-5-6-11(9)10(2,3)4;1-7-8-9(2)11(6)10(3,4)5/h11-12,16H,5-10H2,1-4H3;11H,5-10H2,1-4H3;9H,5-8H2,1-4H3;9H,7-8H2,1-6H3. The smallest absolute Gasteiger partial charge is 0.169 e. The summed E-state index contributed by atoms with van der Waals surface area (Å²) in [6.45, 7) is 45.4. The third kappa shape index (κ3) is 15.7. The van der Waals surface area contributed by atoms with Crippen molar-refractivity contribution < 1.29 is 19.3 Å². The first-order chi connectivity index (χ1) is 25.2. The lowest BCUT2D eigenvalue weighted by molar-refractivity contribution is -0.164. The molecule has 0 amide bonds. The SMILES string of the molecule is CC1C2CCCCC2(O)CCN1C(C)(C)C.CC1CCC2(CCN1C(C)(C)C)OCCO2.CC1COCCCN1C(C)(C)C.CCCC(C)N(C)C(C)(C)C. The molecule has 1 aliphatic carbocycles. The van der Waals surface area contributed by atoms with Crippen molar-refractivity contribution in [3.05, 3.63) is 0 Å². The number of aliphatic hydroxyl groups is 1. The third-order valence-corrected chi connectivity index (χ3v) is 13.5. The van der Waals surface area contributed by atoms with Crippen LogP contribution in [0, 0.1) is 5.92 Å². The molecule has 5 rings (SSSR count). The highest BCUT2D eigenvalue weighted by molar-refractivity contribution is 5.02. The van der Waals surface area contributed by atoms with E-state index in [1.807, 2.05) is 0 Å². The number of ether oxygens (including phenoxy) is 3. The first-order valence-corrected chi connectivity index (χ1v) is 22.8. The number of hydrogen-bond donors (Lipinski definition) is 1. The van der Waals surface area contributed by atoms with Crippen molar-refractivity contribution in [2.24, 2.45) is 5.92 Å². The van der Waals surface area contributed by atoms with E-state index in [9.17, 15) is 5.11 Å². The normalized spacial score (nSPS) is 30.8. The second-order valence-corrected chi connectivity index (χ2v) is 22.0. The molecule has 5 aliphatic rings. The molecule has 0 bridgehead atoms. The molecule has 8 nitrogen and oxygen atoms in total. The fourth-order valence-electron chi connectivity index (χ4n) is 10.1. The molecule has 328 valence electrons. The Hall–Kier alpha value is -0.320. The molecule has 6 unspecified atom stereocenters. The summed E-state index contributed by atoms with van der Waals surface area (Å²) in [5.41, 5.74) is 0.725. The molecule has 1 spiro atoms.